The second-order valence-corrected chi connectivity index (χ2v) is 11.5. The van der Waals surface area contributed by atoms with Crippen LogP contribution in [-0.2, 0) is 4.79 Å². The molecule has 2 unspecified atom stereocenters. The van der Waals surface area contributed by atoms with Gasteiger partial charge in [0.15, 0.2) is 0 Å². The van der Waals surface area contributed by atoms with E-state index < -0.39 is 0 Å². The van der Waals surface area contributed by atoms with Crippen molar-refractivity contribution in [3.05, 3.63) is 18.0 Å². The third-order valence-electron chi connectivity index (χ3n) is 8.78. The monoisotopic (exact) mass is 484 g/mol. The smallest absolute Gasteiger partial charge is 0.225 e. The first-order valence-corrected chi connectivity index (χ1v) is 14.2. The minimum Gasteiger partial charge on any atom is -0.332 e. The zero-order valence-electron chi connectivity index (χ0n) is 22.8. The summed E-state index contributed by atoms with van der Waals surface area (Å²) in [5.74, 6) is 2.02. The van der Waals surface area contributed by atoms with E-state index >= 15 is 0 Å². The second-order valence-electron chi connectivity index (χ2n) is 11.5. The zero-order chi connectivity index (χ0) is 24.9. The lowest BCUT2D eigenvalue weighted by Gasteiger charge is -2.45. The van der Waals surface area contributed by atoms with Crippen LogP contribution in [0.5, 0.6) is 0 Å². The summed E-state index contributed by atoms with van der Waals surface area (Å²) in [4.78, 5) is 31.9. The quantitative estimate of drug-likeness (QED) is 0.558. The van der Waals surface area contributed by atoms with Gasteiger partial charge in [0.1, 0.15) is 5.78 Å². The number of hydrogen-bond acceptors (Lipinski definition) is 7. The summed E-state index contributed by atoms with van der Waals surface area (Å²) in [7, 11) is 2.23. The van der Waals surface area contributed by atoms with Crippen LogP contribution in [0.2, 0.25) is 0 Å². The van der Waals surface area contributed by atoms with Crippen molar-refractivity contribution in [1.82, 2.24) is 24.7 Å². The Balaban J connectivity index is 1.28. The number of rotatable bonds is 8. The molecule has 1 aromatic heterocycles. The van der Waals surface area contributed by atoms with Gasteiger partial charge in [-0.1, -0.05) is 27.7 Å². The minimum absolute atomic E-state index is 0.143. The first kappa shape index (κ1) is 26.5. The largest absolute Gasteiger partial charge is 0.332 e. The number of nitrogens with zero attached hydrogens (tertiary/aromatic N) is 6. The van der Waals surface area contributed by atoms with Gasteiger partial charge in [0.2, 0.25) is 5.95 Å². The summed E-state index contributed by atoms with van der Waals surface area (Å²) in [5, 5.41) is 0. The fourth-order valence-electron chi connectivity index (χ4n) is 6.39. The minimum atomic E-state index is 0.143. The molecule has 7 nitrogen and oxygen atoms in total. The number of aromatic nitrogens is 2. The summed E-state index contributed by atoms with van der Waals surface area (Å²) in [6.45, 7) is 15.6. The van der Waals surface area contributed by atoms with Crippen LogP contribution in [0.4, 0.5) is 5.95 Å². The third kappa shape index (κ3) is 6.41. The van der Waals surface area contributed by atoms with Crippen molar-refractivity contribution in [2.24, 2.45) is 5.92 Å². The lowest BCUT2D eigenvalue weighted by atomic mass is 9.82. The van der Waals surface area contributed by atoms with Crippen molar-refractivity contribution >= 4 is 11.7 Å². The number of piperazine rings is 2. The number of carbonyl (C=O) groups is 1. The van der Waals surface area contributed by atoms with Crippen LogP contribution in [0, 0.1) is 5.92 Å². The first-order chi connectivity index (χ1) is 16.9. The predicted molar refractivity (Wildman–Crippen MR) is 143 cm³/mol. The van der Waals surface area contributed by atoms with E-state index in [1.54, 1.807) is 0 Å². The molecule has 0 amide bonds. The molecule has 0 aromatic carbocycles. The SMILES string of the molecule is CCC1CN(C)CC(CC)N1c1ncc([C@H]2CC[C@H](N3CCN(CC(=O)C(C)C)CC3)CC2)cn1. The maximum Gasteiger partial charge on any atom is 0.225 e. The molecule has 0 N–H and O–H groups in total. The van der Waals surface area contributed by atoms with E-state index in [4.69, 9.17) is 9.97 Å². The normalized spacial score (nSPS) is 29.6. The molecule has 196 valence electrons. The maximum atomic E-state index is 12.1. The van der Waals surface area contributed by atoms with Crippen molar-refractivity contribution < 1.29 is 4.79 Å². The van der Waals surface area contributed by atoms with Crippen LogP contribution < -0.4 is 4.90 Å². The Morgan fingerprint density at radius 3 is 2.03 bits per heavy atom. The maximum absolute atomic E-state index is 12.1. The molecule has 4 rings (SSSR count). The molecule has 0 spiro atoms. The first-order valence-electron chi connectivity index (χ1n) is 14.2. The van der Waals surface area contributed by atoms with E-state index in [1.165, 1.54) is 31.2 Å². The topological polar surface area (TPSA) is 55.8 Å². The molecule has 1 aromatic rings. The van der Waals surface area contributed by atoms with Gasteiger partial charge in [-0.25, -0.2) is 9.97 Å². The van der Waals surface area contributed by atoms with Crippen molar-refractivity contribution in [2.75, 3.05) is 57.8 Å². The van der Waals surface area contributed by atoms with Crippen LogP contribution in [-0.4, -0.2) is 101 Å². The van der Waals surface area contributed by atoms with Crippen LogP contribution in [0.1, 0.15) is 77.7 Å². The Labute approximate surface area is 213 Å². The third-order valence-corrected chi connectivity index (χ3v) is 8.78. The highest BCUT2D eigenvalue weighted by molar-refractivity contribution is 5.82. The Bertz CT molecular complexity index is 784. The fraction of sp³-hybridized carbons (Fsp3) is 0.821. The number of carbonyl (C=O) groups excluding carboxylic acids is 1. The predicted octanol–water partition coefficient (Wildman–Crippen LogP) is 3.65. The number of likely N-dealkylation sites (N-methyl/N-ethyl adjacent to an activating group) is 1. The van der Waals surface area contributed by atoms with Gasteiger partial charge < -0.3 is 9.80 Å². The van der Waals surface area contributed by atoms with E-state index in [1.807, 2.05) is 13.8 Å². The highest BCUT2D eigenvalue weighted by Crippen LogP contribution is 2.35. The van der Waals surface area contributed by atoms with Gasteiger partial charge in [0, 0.05) is 75.7 Å². The summed E-state index contributed by atoms with van der Waals surface area (Å²) in [6.07, 6.45) is 11.4. The molecule has 2 atom stereocenters. The van der Waals surface area contributed by atoms with E-state index in [9.17, 15) is 4.79 Å². The number of Topliss-reactive ketones (excluding diaryl/α,β-unsaturated/α-hetero) is 1. The van der Waals surface area contributed by atoms with Crippen molar-refractivity contribution in [1.29, 1.82) is 0 Å². The molecular formula is C28H48N6O. The number of anilines is 1. The van der Waals surface area contributed by atoms with Crippen LogP contribution in [0.3, 0.4) is 0 Å². The Morgan fingerprint density at radius 1 is 0.943 bits per heavy atom. The van der Waals surface area contributed by atoms with Gasteiger partial charge in [0.05, 0.1) is 6.54 Å². The Morgan fingerprint density at radius 2 is 1.51 bits per heavy atom. The van der Waals surface area contributed by atoms with Crippen LogP contribution >= 0.6 is 0 Å². The van der Waals surface area contributed by atoms with Gasteiger partial charge in [-0.3, -0.25) is 14.6 Å². The van der Waals surface area contributed by atoms with E-state index in [2.05, 4.69) is 52.9 Å². The Hall–Kier alpha value is -1.57. The summed E-state index contributed by atoms with van der Waals surface area (Å²) in [6, 6.07) is 1.67. The molecular weight excluding hydrogens is 436 g/mol. The molecule has 1 saturated carbocycles. The number of ketones is 1. The standard InChI is InChI=1S/C28H48N6O/c1-6-24-18-31(5)19-25(7-2)34(24)28-29-16-23(17-30-28)22-8-10-26(11-9-22)33-14-12-32(13-15-33)20-27(35)21(3)4/h16-17,21-22,24-26H,6-15,18-20H2,1-5H3/t22-,24?,25?,26-. The molecule has 2 aliphatic heterocycles. The van der Waals surface area contributed by atoms with E-state index in [-0.39, 0.29) is 5.92 Å². The molecule has 3 aliphatic rings. The van der Waals surface area contributed by atoms with Gasteiger partial charge in [-0.2, -0.15) is 0 Å². The van der Waals surface area contributed by atoms with Crippen molar-refractivity contribution in [3.63, 3.8) is 0 Å². The Kier molecular flexibility index (Phi) is 9.17. The molecule has 35 heavy (non-hydrogen) atoms. The molecule has 2 saturated heterocycles. The molecule has 1 aliphatic carbocycles. The van der Waals surface area contributed by atoms with Gasteiger partial charge >= 0.3 is 0 Å². The lowest BCUT2D eigenvalue weighted by molar-refractivity contribution is -0.123. The summed E-state index contributed by atoms with van der Waals surface area (Å²) >= 11 is 0. The molecule has 0 bridgehead atoms. The van der Waals surface area contributed by atoms with E-state index in [0.29, 0.717) is 36.4 Å². The van der Waals surface area contributed by atoms with Gasteiger partial charge in [-0.15, -0.1) is 0 Å². The molecule has 0 radical (unpaired) electrons. The van der Waals surface area contributed by atoms with Crippen LogP contribution in [0.25, 0.3) is 0 Å². The zero-order valence-corrected chi connectivity index (χ0v) is 22.8. The van der Waals surface area contributed by atoms with Gasteiger partial charge in [0.25, 0.3) is 0 Å². The fourth-order valence-corrected chi connectivity index (χ4v) is 6.39. The summed E-state index contributed by atoms with van der Waals surface area (Å²) in [5.41, 5.74) is 1.32. The number of hydrogen-bond donors (Lipinski definition) is 0. The van der Waals surface area contributed by atoms with Crippen LogP contribution in [0.15, 0.2) is 12.4 Å². The molecule has 3 fully saturated rings. The molecule has 7 heteroatoms. The van der Waals surface area contributed by atoms with Crippen molar-refractivity contribution in [2.45, 2.75) is 90.3 Å². The second kappa shape index (κ2) is 12.1. The lowest BCUT2D eigenvalue weighted by Crippen LogP contribution is -2.58. The van der Waals surface area contributed by atoms with Crippen molar-refractivity contribution in [3.8, 4) is 0 Å². The highest BCUT2D eigenvalue weighted by atomic mass is 16.1. The summed E-state index contributed by atoms with van der Waals surface area (Å²) < 4.78 is 0. The van der Waals surface area contributed by atoms with Gasteiger partial charge in [-0.05, 0) is 57.1 Å². The molecule has 3 heterocycles. The highest BCUT2D eigenvalue weighted by Gasteiger charge is 2.34. The van der Waals surface area contributed by atoms with E-state index in [0.717, 1.165) is 58.1 Å². The average Bonchev–Trinajstić information content (AvgIpc) is 2.88. The average molecular weight is 485 g/mol.